The summed E-state index contributed by atoms with van der Waals surface area (Å²) in [5.41, 5.74) is 1.95. The zero-order valence-corrected chi connectivity index (χ0v) is 14.6. The highest BCUT2D eigenvalue weighted by Gasteiger charge is 2.24. The summed E-state index contributed by atoms with van der Waals surface area (Å²) >= 11 is 0. The van der Waals surface area contributed by atoms with E-state index in [0.717, 1.165) is 50.1 Å². The molecule has 1 atom stereocenters. The number of para-hydroxylation sites is 2. The molecule has 1 heterocycles. The monoisotopic (exact) mass is 318 g/mol. The average Bonchev–Trinajstić information content (AvgIpc) is 2.53. The number of carbonyl (C=O) groups is 1. The maximum absolute atomic E-state index is 12.7. The lowest BCUT2D eigenvalue weighted by atomic mass is 9.90. The summed E-state index contributed by atoms with van der Waals surface area (Å²) < 4.78 is 0. The fraction of sp³-hybridized carbons (Fsp3) is 0.632. The van der Waals surface area contributed by atoms with E-state index in [1.165, 1.54) is 0 Å². The minimum atomic E-state index is -0.192. The molecule has 0 spiro atoms. The topological polar surface area (TPSA) is 52.6 Å². The highest BCUT2D eigenvalue weighted by Crippen LogP contribution is 2.29. The molecule has 1 unspecified atom stereocenters. The summed E-state index contributed by atoms with van der Waals surface area (Å²) in [5.74, 6) is 0.509. The lowest BCUT2D eigenvalue weighted by Crippen LogP contribution is -2.36. The Morgan fingerprint density at radius 2 is 1.96 bits per heavy atom. The van der Waals surface area contributed by atoms with Crippen LogP contribution in [0, 0.1) is 11.8 Å². The summed E-state index contributed by atoms with van der Waals surface area (Å²) in [6.07, 6.45) is 3.31. The van der Waals surface area contributed by atoms with Crippen LogP contribution in [0.25, 0.3) is 0 Å². The molecule has 1 aromatic rings. The van der Waals surface area contributed by atoms with Gasteiger partial charge in [-0.15, -0.1) is 0 Å². The molecule has 1 aliphatic heterocycles. The SMILES string of the molecule is CCCC(C(=O)Nc1ccccc1N1CCC(O)CC1)C(C)C. The van der Waals surface area contributed by atoms with E-state index in [0.29, 0.717) is 5.92 Å². The predicted molar refractivity (Wildman–Crippen MR) is 95.8 cm³/mol. The third-order valence-electron chi connectivity index (χ3n) is 4.71. The largest absolute Gasteiger partial charge is 0.393 e. The molecule has 0 bridgehead atoms. The van der Waals surface area contributed by atoms with E-state index in [4.69, 9.17) is 0 Å². The molecule has 23 heavy (non-hydrogen) atoms. The Morgan fingerprint density at radius 3 is 2.57 bits per heavy atom. The van der Waals surface area contributed by atoms with Crippen molar-refractivity contribution in [1.29, 1.82) is 0 Å². The van der Waals surface area contributed by atoms with Crippen molar-refractivity contribution in [2.75, 3.05) is 23.3 Å². The molecule has 0 radical (unpaired) electrons. The molecule has 4 nitrogen and oxygen atoms in total. The summed E-state index contributed by atoms with van der Waals surface area (Å²) in [6, 6.07) is 7.99. The Balaban J connectivity index is 2.12. The molecule has 128 valence electrons. The highest BCUT2D eigenvalue weighted by atomic mass is 16.3. The lowest BCUT2D eigenvalue weighted by molar-refractivity contribution is -0.121. The quantitative estimate of drug-likeness (QED) is 0.841. The van der Waals surface area contributed by atoms with Gasteiger partial charge in [0.25, 0.3) is 0 Å². The second kappa shape index (κ2) is 8.34. The number of rotatable bonds is 6. The maximum atomic E-state index is 12.7. The van der Waals surface area contributed by atoms with Crippen LogP contribution in [0.4, 0.5) is 11.4 Å². The van der Waals surface area contributed by atoms with Crippen LogP contribution in [0.1, 0.15) is 46.5 Å². The number of benzene rings is 1. The normalized spacial score (nSPS) is 17.3. The van der Waals surface area contributed by atoms with Gasteiger partial charge in [-0.3, -0.25) is 4.79 Å². The van der Waals surface area contributed by atoms with Crippen LogP contribution in [0.3, 0.4) is 0 Å². The minimum Gasteiger partial charge on any atom is -0.393 e. The van der Waals surface area contributed by atoms with Crippen LogP contribution >= 0.6 is 0 Å². The Kier molecular flexibility index (Phi) is 6.46. The molecule has 4 heteroatoms. The van der Waals surface area contributed by atoms with Gasteiger partial charge in [0.05, 0.1) is 17.5 Å². The first-order valence-electron chi connectivity index (χ1n) is 8.85. The predicted octanol–water partition coefficient (Wildman–Crippen LogP) is 3.66. The van der Waals surface area contributed by atoms with Gasteiger partial charge < -0.3 is 15.3 Å². The van der Waals surface area contributed by atoms with Gasteiger partial charge in [0.2, 0.25) is 5.91 Å². The standard InChI is InChI=1S/C19H30N2O2/c1-4-7-16(14(2)3)19(23)20-17-8-5-6-9-18(17)21-12-10-15(22)11-13-21/h5-6,8-9,14-16,22H,4,7,10-13H2,1-3H3,(H,20,23). The van der Waals surface area contributed by atoms with E-state index < -0.39 is 0 Å². The average molecular weight is 318 g/mol. The number of hydrogen-bond acceptors (Lipinski definition) is 3. The lowest BCUT2D eigenvalue weighted by Gasteiger charge is -2.33. The van der Waals surface area contributed by atoms with Crippen molar-refractivity contribution in [3.05, 3.63) is 24.3 Å². The number of aliphatic hydroxyl groups excluding tert-OH is 1. The third kappa shape index (κ3) is 4.71. The minimum absolute atomic E-state index is 0.0521. The fourth-order valence-electron chi connectivity index (χ4n) is 3.27. The number of carbonyl (C=O) groups excluding carboxylic acids is 1. The molecule has 1 aromatic carbocycles. The maximum Gasteiger partial charge on any atom is 0.227 e. The van der Waals surface area contributed by atoms with Crippen molar-refractivity contribution in [2.24, 2.45) is 11.8 Å². The van der Waals surface area contributed by atoms with E-state index in [2.05, 4.69) is 37.1 Å². The third-order valence-corrected chi connectivity index (χ3v) is 4.71. The summed E-state index contributed by atoms with van der Waals surface area (Å²) in [4.78, 5) is 14.9. The molecule has 1 fully saturated rings. The van der Waals surface area contributed by atoms with Crippen molar-refractivity contribution in [3.8, 4) is 0 Å². The molecular formula is C19H30N2O2. The van der Waals surface area contributed by atoms with Gasteiger partial charge in [-0.1, -0.05) is 39.3 Å². The van der Waals surface area contributed by atoms with E-state index in [9.17, 15) is 9.90 Å². The number of piperidine rings is 1. The van der Waals surface area contributed by atoms with Crippen LogP contribution in [0.2, 0.25) is 0 Å². The number of nitrogens with zero attached hydrogens (tertiary/aromatic N) is 1. The summed E-state index contributed by atoms with van der Waals surface area (Å²) in [5, 5.41) is 12.8. The van der Waals surface area contributed by atoms with Gasteiger partial charge in [0.1, 0.15) is 0 Å². The Labute approximate surface area is 139 Å². The smallest absolute Gasteiger partial charge is 0.227 e. The van der Waals surface area contributed by atoms with Crippen molar-refractivity contribution >= 4 is 17.3 Å². The highest BCUT2D eigenvalue weighted by molar-refractivity contribution is 5.96. The number of nitrogens with one attached hydrogen (secondary N) is 1. The van der Waals surface area contributed by atoms with Crippen LogP contribution in [-0.4, -0.2) is 30.2 Å². The van der Waals surface area contributed by atoms with Gasteiger partial charge in [-0.05, 0) is 37.3 Å². The van der Waals surface area contributed by atoms with E-state index in [1.807, 2.05) is 18.2 Å². The molecule has 1 amide bonds. The van der Waals surface area contributed by atoms with Crippen molar-refractivity contribution in [1.82, 2.24) is 0 Å². The summed E-state index contributed by atoms with van der Waals surface area (Å²) in [6.45, 7) is 8.00. The van der Waals surface area contributed by atoms with E-state index in [-0.39, 0.29) is 17.9 Å². The van der Waals surface area contributed by atoms with Crippen molar-refractivity contribution < 1.29 is 9.90 Å². The first-order chi connectivity index (χ1) is 11.0. The van der Waals surface area contributed by atoms with Gasteiger partial charge in [-0.2, -0.15) is 0 Å². The van der Waals surface area contributed by atoms with Crippen molar-refractivity contribution in [3.63, 3.8) is 0 Å². The van der Waals surface area contributed by atoms with Crippen LogP contribution in [0.5, 0.6) is 0 Å². The van der Waals surface area contributed by atoms with Crippen LogP contribution in [-0.2, 0) is 4.79 Å². The first kappa shape index (κ1) is 17.8. The van der Waals surface area contributed by atoms with E-state index in [1.54, 1.807) is 0 Å². The fourth-order valence-corrected chi connectivity index (χ4v) is 3.27. The molecule has 1 aliphatic rings. The molecule has 0 saturated carbocycles. The molecule has 2 N–H and O–H groups in total. The Morgan fingerprint density at radius 1 is 1.30 bits per heavy atom. The molecular weight excluding hydrogens is 288 g/mol. The second-order valence-corrected chi connectivity index (χ2v) is 6.86. The molecule has 0 aliphatic carbocycles. The first-order valence-corrected chi connectivity index (χ1v) is 8.85. The number of hydrogen-bond donors (Lipinski definition) is 2. The van der Waals surface area contributed by atoms with Gasteiger partial charge in [0.15, 0.2) is 0 Å². The van der Waals surface area contributed by atoms with Crippen LogP contribution < -0.4 is 10.2 Å². The number of aliphatic hydroxyl groups is 1. The van der Waals surface area contributed by atoms with Crippen LogP contribution in [0.15, 0.2) is 24.3 Å². The van der Waals surface area contributed by atoms with Crippen molar-refractivity contribution in [2.45, 2.75) is 52.6 Å². The molecule has 0 aromatic heterocycles. The van der Waals surface area contributed by atoms with Gasteiger partial charge in [0, 0.05) is 19.0 Å². The Hall–Kier alpha value is -1.55. The Bertz CT molecular complexity index is 508. The zero-order chi connectivity index (χ0) is 16.8. The zero-order valence-electron chi connectivity index (χ0n) is 14.6. The number of amides is 1. The van der Waals surface area contributed by atoms with E-state index >= 15 is 0 Å². The summed E-state index contributed by atoms with van der Waals surface area (Å²) in [7, 11) is 0. The molecule has 1 saturated heterocycles. The number of anilines is 2. The van der Waals surface area contributed by atoms with Gasteiger partial charge >= 0.3 is 0 Å². The molecule has 2 rings (SSSR count). The van der Waals surface area contributed by atoms with Gasteiger partial charge in [-0.25, -0.2) is 0 Å². The second-order valence-electron chi connectivity index (χ2n) is 6.86.